The van der Waals surface area contributed by atoms with Gasteiger partial charge in [-0.2, -0.15) is 11.8 Å². The first-order chi connectivity index (χ1) is 8.36. The summed E-state index contributed by atoms with van der Waals surface area (Å²) in [6, 6.07) is 8.51. The molecule has 1 unspecified atom stereocenters. The van der Waals surface area contributed by atoms with Crippen LogP contribution in [0.15, 0.2) is 36.7 Å². The highest BCUT2D eigenvalue weighted by Crippen LogP contribution is 2.25. The van der Waals surface area contributed by atoms with E-state index < -0.39 is 0 Å². The first-order valence-electron chi connectivity index (χ1n) is 5.64. The fraction of sp³-hybridized carbons (Fsp3) is 0.308. The van der Waals surface area contributed by atoms with Gasteiger partial charge < -0.3 is 0 Å². The van der Waals surface area contributed by atoms with Gasteiger partial charge in [0.25, 0.3) is 0 Å². The molecule has 0 saturated carbocycles. The highest BCUT2D eigenvalue weighted by atomic mass is 32.2. The van der Waals surface area contributed by atoms with Gasteiger partial charge in [-0.15, -0.1) is 0 Å². The SMILES string of the molecule is CSCCC(NN)c1cccc2ccncc12. The number of nitrogens with one attached hydrogen (secondary N) is 1. The molecule has 1 atom stereocenters. The van der Waals surface area contributed by atoms with Crippen molar-refractivity contribution in [1.82, 2.24) is 10.4 Å². The Bertz CT molecular complexity index is 482. The number of pyridine rings is 1. The van der Waals surface area contributed by atoms with E-state index in [0.717, 1.165) is 12.2 Å². The van der Waals surface area contributed by atoms with Crippen molar-refractivity contribution in [3.05, 3.63) is 42.2 Å². The van der Waals surface area contributed by atoms with Gasteiger partial charge in [-0.25, -0.2) is 0 Å². The van der Waals surface area contributed by atoms with Gasteiger partial charge in [0.1, 0.15) is 0 Å². The Morgan fingerprint density at radius 2 is 2.29 bits per heavy atom. The van der Waals surface area contributed by atoms with Crippen molar-refractivity contribution in [1.29, 1.82) is 0 Å². The topological polar surface area (TPSA) is 50.9 Å². The van der Waals surface area contributed by atoms with Gasteiger partial charge in [0.15, 0.2) is 0 Å². The molecule has 1 aromatic carbocycles. The van der Waals surface area contributed by atoms with Crippen LogP contribution < -0.4 is 11.3 Å². The molecule has 17 heavy (non-hydrogen) atoms. The van der Waals surface area contributed by atoms with Crippen molar-refractivity contribution in [2.75, 3.05) is 12.0 Å². The molecule has 0 saturated heterocycles. The minimum atomic E-state index is 0.190. The second kappa shape index (κ2) is 6.00. The third-order valence-corrected chi connectivity index (χ3v) is 3.55. The zero-order valence-corrected chi connectivity index (χ0v) is 10.7. The lowest BCUT2D eigenvalue weighted by molar-refractivity contribution is 0.546. The Hall–Kier alpha value is -1.10. The van der Waals surface area contributed by atoms with Crippen molar-refractivity contribution in [3.8, 4) is 0 Å². The number of hydrazine groups is 1. The fourth-order valence-electron chi connectivity index (χ4n) is 2.01. The highest BCUT2D eigenvalue weighted by Gasteiger charge is 2.12. The number of nitrogens with two attached hydrogens (primary N) is 1. The second-order valence-electron chi connectivity index (χ2n) is 3.94. The average molecular weight is 247 g/mol. The molecule has 2 aromatic rings. The third kappa shape index (κ3) is 2.77. The molecular weight excluding hydrogens is 230 g/mol. The Balaban J connectivity index is 2.38. The van der Waals surface area contributed by atoms with E-state index in [2.05, 4.69) is 34.9 Å². The van der Waals surface area contributed by atoms with Crippen LogP contribution in [0.2, 0.25) is 0 Å². The standard InChI is InChI=1S/C13H17N3S/c1-17-8-6-13(16-14)11-4-2-3-10-5-7-15-9-12(10)11/h2-5,7,9,13,16H,6,8,14H2,1H3. The molecule has 0 aliphatic rings. The predicted octanol–water partition coefficient (Wildman–Crippen LogP) is 2.49. The summed E-state index contributed by atoms with van der Waals surface area (Å²) in [5.74, 6) is 6.75. The maximum absolute atomic E-state index is 5.66. The molecule has 4 heteroatoms. The van der Waals surface area contributed by atoms with Crippen LogP contribution in [-0.4, -0.2) is 17.0 Å². The van der Waals surface area contributed by atoms with E-state index in [0.29, 0.717) is 0 Å². The van der Waals surface area contributed by atoms with E-state index in [1.165, 1.54) is 16.3 Å². The molecular formula is C13H17N3S. The molecule has 1 heterocycles. The number of rotatable bonds is 5. The van der Waals surface area contributed by atoms with E-state index in [9.17, 15) is 0 Å². The second-order valence-corrected chi connectivity index (χ2v) is 4.93. The molecule has 2 rings (SSSR count). The van der Waals surface area contributed by atoms with Gasteiger partial charge in [0, 0.05) is 23.8 Å². The number of fused-ring (bicyclic) bond motifs is 1. The fourth-order valence-corrected chi connectivity index (χ4v) is 2.48. The summed E-state index contributed by atoms with van der Waals surface area (Å²) in [6.07, 6.45) is 6.86. The van der Waals surface area contributed by atoms with E-state index in [4.69, 9.17) is 5.84 Å². The maximum atomic E-state index is 5.66. The van der Waals surface area contributed by atoms with Gasteiger partial charge in [0.2, 0.25) is 0 Å². The number of benzene rings is 1. The molecule has 0 spiro atoms. The quantitative estimate of drug-likeness (QED) is 0.629. The van der Waals surface area contributed by atoms with Crippen molar-refractivity contribution in [2.24, 2.45) is 5.84 Å². The number of hydrogen-bond acceptors (Lipinski definition) is 4. The zero-order valence-electron chi connectivity index (χ0n) is 9.89. The molecule has 0 aliphatic heterocycles. The number of thioether (sulfide) groups is 1. The largest absolute Gasteiger partial charge is 0.271 e. The van der Waals surface area contributed by atoms with Crippen LogP contribution in [-0.2, 0) is 0 Å². The van der Waals surface area contributed by atoms with Gasteiger partial charge in [0.05, 0.1) is 0 Å². The van der Waals surface area contributed by atoms with Gasteiger partial charge in [-0.05, 0) is 35.4 Å². The number of nitrogens with zero attached hydrogens (tertiary/aromatic N) is 1. The maximum Gasteiger partial charge on any atom is 0.0474 e. The lowest BCUT2D eigenvalue weighted by atomic mass is 9.99. The smallest absolute Gasteiger partial charge is 0.0474 e. The van der Waals surface area contributed by atoms with E-state index in [1.54, 1.807) is 0 Å². The lowest BCUT2D eigenvalue weighted by Crippen LogP contribution is -2.28. The van der Waals surface area contributed by atoms with Gasteiger partial charge in [-0.3, -0.25) is 16.3 Å². The molecule has 0 radical (unpaired) electrons. The van der Waals surface area contributed by atoms with E-state index in [-0.39, 0.29) is 6.04 Å². The minimum absolute atomic E-state index is 0.190. The van der Waals surface area contributed by atoms with Crippen molar-refractivity contribution < 1.29 is 0 Å². The number of hydrogen-bond donors (Lipinski definition) is 2. The molecule has 0 aliphatic carbocycles. The summed E-state index contributed by atoms with van der Waals surface area (Å²) in [7, 11) is 0. The van der Waals surface area contributed by atoms with Crippen LogP contribution in [0, 0.1) is 0 Å². The Morgan fingerprint density at radius 3 is 3.06 bits per heavy atom. The predicted molar refractivity (Wildman–Crippen MR) is 74.8 cm³/mol. The monoisotopic (exact) mass is 247 g/mol. The summed E-state index contributed by atoms with van der Waals surface area (Å²) < 4.78 is 0. The Labute approximate surface area is 106 Å². The summed E-state index contributed by atoms with van der Waals surface area (Å²) in [5, 5.41) is 2.39. The molecule has 90 valence electrons. The number of aromatic nitrogens is 1. The van der Waals surface area contributed by atoms with Crippen LogP contribution in [0.3, 0.4) is 0 Å². The normalized spacial score (nSPS) is 12.8. The summed E-state index contributed by atoms with van der Waals surface area (Å²) >= 11 is 1.83. The van der Waals surface area contributed by atoms with Crippen molar-refractivity contribution in [2.45, 2.75) is 12.5 Å². The van der Waals surface area contributed by atoms with E-state index in [1.807, 2.05) is 30.2 Å². The van der Waals surface area contributed by atoms with Crippen LogP contribution >= 0.6 is 11.8 Å². The molecule has 3 nitrogen and oxygen atoms in total. The van der Waals surface area contributed by atoms with Crippen LogP contribution in [0.1, 0.15) is 18.0 Å². The first-order valence-corrected chi connectivity index (χ1v) is 7.04. The zero-order chi connectivity index (χ0) is 12.1. The Kier molecular flexibility index (Phi) is 4.36. The van der Waals surface area contributed by atoms with Crippen LogP contribution in [0.25, 0.3) is 10.8 Å². The van der Waals surface area contributed by atoms with Crippen molar-refractivity contribution in [3.63, 3.8) is 0 Å². The summed E-state index contributed by atoms with van der Waals surface area (Å²) in [6.45, 7) is 0. The van der Waals surface area contributed by atoms with Gasteiger partial charge in [-0.1, -0.05) is 18.2 Å². The summed E-state index contributed by atoms with van der Waals surface area (Å²) in [4.78, 5) is 4.20. The molecule has 0 fully saturated rings. The third-order valence-electron chi connectivity index (χ3n) is 2.90. The van der Waals surface area contributed by atoms with Gasteiger partial charge >= 0.3 is 0 Å². The minimum Gasteiger partial charge on any atom is -0.271 e. The van der Waals surface area contributed by atoms with Crippen molar-refractivity contribution >= 4 is 22.5 Å². The Morgan fingerprint density at radius 1 is 1.41 bits per heavy atom. The van der Waals surface area contributed by atoms with Crippen LogP contribution in [0.4, 0.5) is 0 Å². The lowest BCUT2D eigenvalue weighted by Gasteiger charge is -2.17. The molecule has 0 amide bonds. The average Bonchev–Trinajstić information content (AvgIpc) is 2.40. The van der Waals surface area contributed by atoms with E-state index >= 15 is 0 Å². The molecule has 0 bridgehead atoms. The molecule has 3 N–H and O–H groups in total. The summed E-state index contributed by atoms with van der Waals surface area (Å²) in [5.41, 5.74) is 4.13. The first kappa shape index (κ1) is 12.4. The highest BCUT2D eigenvalue weighted by molar-refractivity contribution is 7.98. The van der Waals surface area contributed by atoms with Crippen LogP contribution in [0.5, 0.6) is 0 Å². The molecule has 1 aromatic heterocycles.